The van der Waals surface area contributed by atoms with Crippen LogP contribution in [0.25, 0.3) is 0 Å². The lowest BCUT2D eigenvalue weighted by Gasteiger charge is -2.03. The molecule has 2 nitrogen and oxygen atoms in total. The summed E-state index contributed by atoms with van der Waals surface area (Å²) in [6, 6.07) is 0. The fourth-order valence-electron chi connectivity index (χ4n) is 0.810. The standard InChI is InChI=1S/C8H12O2/c1-7-3-2-4-8(5-9)6-10-7/h2-3,6-7,9H,4-5H2,1H3. The summed E-state index contributed by atoms with van der Waals surface area (Å²) < 4.78 is 5.20. The number of hydrogen-bond acceptors (Lipinski definition) is 2. The van der Waals surface area contributed by atoms with Crippen molar-refractivity contribution in [2.45, 2.75) is 19.4 Å². The van der Waals surface area contributed by atoms with Crippen LogP contribution >= 0.6 is 0 Å². The van der Waals surface area contributed by atoms with Crippen LogP contribution in [0.5, 0.6) is 0 Å². The van der Waals surface area contributed by atoms with Crippen molar-refractivity contribution in [3.63, 3.8) is 0 Å². The fourth-order valence-corrected chi connectivity index (χ4v) is 0.810. The van der Waals surface area contributed by atoms with Crippen molar-refractivity contribution >= 4 is 0 Å². The topological polar surface area (TPSA) is 29.5 Å². The molecule has 2 heteroatoms. The molecule has 0 aromatic rings. The van der Waals surface area contributed by atoms with E-state index in [9.17, 15) is 0 Å². The molecule has 0 saturated heterocycles. The Morgan fingerprint density at radius 3 is 3.30 bits per heavy atom. The van der Waals surface area contributed by atoms with Gasteiger partial charge in [0.15, 0.2) is 0 Å². The Morgan fingerprint density at radius 1 is 1.80 bits per heavy atom. The minimum Gasteiger partial charge on any atom is -0.494 e. The summed E-state index contributed by atoms with van der Waals surface area (Å²) in [6.45, 7) is 2.06. The average molecular weight is 140 g/mol. The molecule has 0 aromatic heterocycles. The van der Waals surface area contributed by atoms with Gasteiger partial charge in [0.25, 0.3) is 0 Å². The molecule has 1 N–H and O–H groups in total. The third-order valence-corrected chi connectivity index (χ3v) is 1.44. The van der Waals surface area contributed by atoms with E-state index in [0.29, 0.717) is 0 Å². The van der Waals surface area contributed by atoms with Gasteiger partial charge in [-0.1, -0.05) is 6.08 Å². The lowest BCUT2D eigenvalue weighted by molar-refractivity contribution is 0.199. The van der Waals surface area contributed by atoms with Gasteiger partial charge in [-0.05, 0) is 25.0 Å². The van der Waals surface area contributed by atoms with E-state index in [4.69, 9.17) is 9.84 Å². The molecule has 1 atom stereocenters. The van der Waals surface area contributed by atoms with Gasteiger partial charge < -0.3 is 9.84 Å². The molecule has 1 heterocycles. The molecule has 0 aliphatic carbocycles. The number of aliphatic hydroxyl groups excluding tert-OH is 1. The molecule has 56 valence electrons. The monoisotopic (exact) mass is 140 g/mol. The Kier molecular flexibility index (Phi) is 2.51. The lowest BCUT2D eigenvalue weighted by Crippen LogP contribution is -1.97. The van der Waals surface area contributed by atoms with Gasteiger partial charge >= 0.3 is 0 Å². The highest BCUT2D eigenvalue weighted by molar-refractivity contribution is 5.08. The van der Waals surface area contributed by atoms with Crippen molar-refractivity contribution in [1.82, 2.24) is 0 Å². The number of ether oxygens (including phenoxy) is 1. The summed E-state index contributed by atoms with van der Waals surface area (Å²) in [4.78, 5) is 0. The number of rotatable bonds is 1. The summed E-state index contributed by atoms with van der Waals surface area (Å²) in [5.41, 5.74) is 0.931. The molecule has 1 aliphatic heterocycles. The highest BCUT2D eigenvalue weighted by Gasteiger charge is 2.00. The first kappa shape index (κ1) is 7.35. The van der Waals surface area contributed by atoms with E-state index >= 15 is 0 Å². The molecule has 10 heavy (non-hydrogen) atoms. The molecule has 0 aromatic carbocycles. The van der Waals surface area contributed by atoms with Crippen LogP contribution in [0.1, 0.15) is 13.3 Å². The Labute approximate surface area is 60.8 Å². The van der Waals surface area contributed by atoms with Crippen LogP contribution in [0.3, 0.4) is 0 Å². The summed E-state index contributed by atoms with van der Waals surface area (Å²) in [5, 5.41) is 8.72. The van der Waals surface area contributed by atoms with E-state index in [1.165, 1.54) is 0 Å². The summed E-state index contributed by atoms with van der Waals surface area (Å²) in [6.07, 6.45) is 6.59. The normalized spacial score (nSPS) is 25.0. The molecule has 1 aliphatic rings. The van der Waals surface area contributed by atoms with Crippen LogP contribution in [-0.4, -0.2) is 17.8 Å². The van der Waals surface area contributed by atoms with Gasteiger partial charge in [-0.15, -0.1) is 0 Å². The SMILES string of the molecule is CC1C=CCC(CO)=CO1. The predicted molar refractivity (Wildman–Crippen MR) is 39.5 cm³/mol. The number of allylic oxidation sites excluding steroid dienone is 1. The molecule has 0 bridgehead atoms. The van der Waals surface area contributed by atoms with E-state index in [2.05, 4.69) is 0 Å². The largest absolute Gasteiger partial charge is 0.494 e. The summed E-state index contributed by atoms with van der Waals surface area (Å²) in [7, 11) is 0. The molecule has 1 unspecified atom stereocenters. The Balaban J connectivity index is 2.55. The molecule has 0 fully saturated rings. The molecule has 0 spiro atoms. The molecule has 0 amide bonds. The van der Waals surface area contributed by atoms with Crippen molar-refractivity contribution in [3.05, 3.63) is 24.0 Å². The maximum absolute atomic E-state index is 8.72. The van der Waals surface area contributed by atoms with Crippen LogP contribution in [0, 0.1) is 0 Å². The van der Waals surface area contributed by atoms with Crippen LogP contribution in [-0.2, 0) is 4.74 Å². The fraction of sp³-hybridized carbons (Fsp3) is 0.500. The van der Waals surface area contributed by atoms with Gasteiger partial charge in [0, 0.05) is 0 Å². The van der Waals surface area contributed by atoms with Gasteiger partial charge in [-0.25, -0.2) is 0 Å². The highest BCUT2D eigenvalue weighted by Crippen LogP contribution is 2.09. The van der Waals surface area contributed by atoms with Crippen LogP contribution in [0.15, 0.2) is 24.0 Å². The number of aliphatic hydroxyl groups is 1. The van der Waals surface area contributed by atoms with E-state index in [0.717, 1.165) is 12.0 Å². The highest BCUT2D eigenvalue weighted by atomic mass is 16.5. The van der Waals surface area contributed by atoms with Gasteiger partial charge in [0.2, 0.25) is 0 Å². The zero-order valence-electron chi connectivity index (χ0n) is 6.08. The van der Waals surface area contributed by atoms with Gasteiger partial charge in [-0.3, -0.25) is 0 Å². The summed E-state index contributed by atoms with van der Waals surface area (Å²) in [5.74, 6) is 0. The van der Waals surface area contributed by atoms with E-state index in [1.54, 1.807) is 6.26 Å². The first-order valence-electron chi connectivity index (χ1n) is 3.44. The molecule has 1 rings (SSSR count). The van der Waals surface area contributed by atoms with Gasteiger partial charge in [0.1, 0.15) is 6.10 Å². The summed E-state index contributed by atoms with van der Waals surface area (Å²) >= 11 is 0. The Hall–Kier alpha value is -0.760. The van der Waals surface area contributed by atoms with E-state index in [1.807, 2.05) is 19.1 Å². The van der Waals surface area contributed by atoms with Crippen LogP contribution < -0.4 is 0 Å². The smallest absolute Gasteiger partial charge is 0.113 e. The molecule has 0 radical (unpaired) electrons. The van der Waals surface area contributed by atoms with Crippen molar-refractivity contribution in [2.24, 2.45) is 0 Å². The molecular formula is C8H12O2. The van der Waals surface area contributed by atoms with Crippen LogP contribution in [0.2, 0.25) is 0 Å². The van der Waals surface area contributed by atoms with E-state index < -0.39 is 0 Å². The first-order chi connectivity index (χ1) is 4.83. The van der Waals surface area contributed by atoms with Crippen LogP contribution in [0.4, 0.5) is 0 Å². The minimum absolute atomic E-state index is 0.0943. The Bertz CT molecular complexity index is 159. The second-order valence-electron chi connectivity index (χ2n) is 2.41. The third kappa shape index (κ3) is 1.88. The Morgan fingerprint density at radius 2 is 2.60 bits per heavy atom. The average Bonchev–Trinajstić information content (AvgIpc) is 2.14. The maximum atomic E-state index is 8.72. The quantitative estimate of drug-likeness (QED) is 0.555. The lowest BCUT2D eigenvalue weighted by atomic mass is 10.2. The second kappa shape index (κ2) is 3.42. The van der Waals surface area contributed by atoms with Crippen molar-refractivity contribution in [1.29, 1.82) is 0 Å². The zero-order chi connectivity index (χ0) is 7.40. The minimum atomic E-state index is 0.0943. The second-order valence-corrected chi connectivity index (χ2v) is 2.41. The molecule has 0 saturated carbocycles. The molecular weight excluding hydrogens is 128 g/mol. The van der Waals surface area contributed by atoms with Crippen molar-refractivity contribution in [2.75, 3.05) is 6.61 Å². The first-order valence-corrected chi connectivity index (χ1v) is 3.44. The van der Waals surface area contributed by atoms with Gasteiger partial charge in [0.05, 0.1) is 12.9 Å². The predicted octanol–water partition coefficient (Wildman–Crippen LogP) is 1.23. The zero-order valence-corrected chi connectivity index (χ0v) is 6.08. The number of hydrogen-bond donors (Lipinski definition) is 1. The van der Waals surface area contributed by atoms with E-state index in [-0.39, 0.29) is 12.7 Å². The third-order valence-electron chi connectivity index (χ3n) is 1.44. The van der Waals surface area contributed by atoms with Crippen molar-refractivity contribution < 1.29 is 9.84 Å². The van der Waals surface area contributed by atoms with Gasteiger partial charge in [-0.2, -0.15) is 0 Å². The maximum Gasteiger partial charge on any atom is 0.113 e. The van der Waals surface area contributed by atoms with Crippen molar-refractivity contribution in [3.8, 4) is 0 Å².